The molecule has 118 valence electrons. The summed E-state index contributed by atoms with van der Waals surface area (Å²) in [6.45, 7) is 4.50. The zero-order chi connectivity index (χ0) is 14.6. The Hall–Kier alpha value is -1.33. The van der Waals surface area contributed by atoms with Crippen LogP contribution in [0.4, 0.5) is 4.39 Å². The number of carbonyl (C=O) groups is 1. The van der Waals surface area contributed by atoms with Crippen molar-refractivity contribution in [3.63, 3.8) is 0 Å². The molecule has 1 heterocycles. The van der Waals surface area contributed by atoms with Gasteiger partial charge in [0.15, 0.2) is 0 Å². The van der Waals surface area contributed by atoms with Crippen LogP contribution in [-0.4, -0.2) is 37.0 Å². The lowest BCUT2D eigenvalue weighted by atomic mass is 9.90. The molecular formula is C15H22ClFN2O2. The first kappa shape index (κ1) is 17.7. The molecule has 1 aliphatic rings. The van der Waals surface area contributed by atoms with E-state index in [4.69, 9.17) is 10.5 Å². The first-order valence-electron chi connectivity index (χ1n) is 6.89. The molecule has 2 N–H and O–H groups in total. The predicted octanol–water partition coefficient (Wildman–Crippen LogP) is 2.21. The molecule has 21 heavy (non-hydrogen) atoms. The quantitative estimate of drug-likeness (QED) is 0.906. The molecule has 1 aliphatic heterocycles. The van der Waals surface area contributed by atoms with E-state index >= 15 is 0 Å². The number of halogens is 2. The standard InChI is InChI=1S/C15H21FN2O2.ClH/c1-15(10-17)7-8-18(11-15)14(19)6-9-20-13-4-2-12(16)3-5-13;/h2-5H,6-11,17H2,1H3;1H. The van der Waals surface area contributed by atoms with E-state index in [-0.39, 0.29) is 29.5 Å². The molecule has 0 radical (unpaired) electrons. The lowest BCUT2D eigenvalue weighted by molar-refractivity contribution is -0.131. The zero-order valence-electron chi connectivity index (χ0n) is 12.2. The Morgan fingerprint density at radius 1 is 1.43 bits per heavy atom. The summed E-state index contributed by atoms with van der Waals surface area (Å²) in [5, 5.41) is 0. The topological polar surface area (TPSA) is 55.6 Å². The summed E-state index contributed by atoms with van der Waals surface area (Å²) < 4.78 is 18.2. The summed E-state index contributed by atoms with van der Waals surface area (Å²) >= 11 is 0. The smallest absolute Gasteiger partial charge is 0.226 e. The molecule has 1 fully saturated rings. The summed E-state index contributed by atoms with van der Waals surface area (Å²) in [6.07, 6.45) is 1.28. The Labute approximate surface area is 130 Å². The maximum absolute atomic E-state index is 12.7. The molecule has 2 rings (SSSR count). The molecular weight excluding hydrogens is 295 g/mol. The van der Waals surface area contributed by atoms with Crippen LogP contribution >= 0.6 is 12.4 Å². The van der Waals surface area contributed by atoms with Gasteiger partial charge in [0.25, 0.3) is 0 Å². The third-order valence-corrected chi connectivity index (χ3v) is 3.80. The maximum Gasteiger partial charge on any atom is 0.226 e. The van der Waals surface area contributed by atoms with Gasteiger partial charge in [0.05, 0.1) is 13.0 Å². The fourth-order valence-corrected chi connectivity index (χ4v) is 2.35. The highest BCUT2D eigenvalue weighted by molar-refractivity contribution is 5.85. The molecule has 0 bridgehead atoms. The van der Waals surface area contributed by atoms with Gasteiger partial charge in [-0.1, -0.05) is 6.92 Å². The van der Waals surface area contributed by atoms with Crippen LogP contribution in [0.25, 0.3) is 0 Å². The van der Waals surface area contributed by atoms with Gasteiger partial charge in [-0.15, -0.1) is 12.4 Å². The van der Waals surface area contributed by atoms with Crippen molar-refractivity contribution >= 4 is 18.3 Å². The molecule has 1 aromatic rings. The molecule has 0 spiro atoms. The number of likely N-dealkylation sites (tertiary alicyclic amines) is 1. The normalized spacial score (nSPS) is 21.0. The highest BCUT2D eigenvalue weighted by Crippen LogP contribution is 2.28. The Morgan fingerprint density at radius 2 is 2.10 bits per heavy atom. The van der Waals surface area contributed by atoms with E-state index in [1.807, 2.05) is 4.90 Å². The molecule has 1 unspecified atom stereocenters. The van der Waals surface area contributed by atoms with Crippen LogP contribution in [-0.2, 0) is 4.79 Å². The lowest BCUT2D eigenvalue weighted by Crippen LogP contribution is -2.35. The predicted molar refractivity (Wildman–Crippen MR) is 82.1 cm³/mol. The Balaban J connectivity index is 0.00000220. The molecule has 0 aromatic heterocycles. The first-order valence-corrected chi connectivity index (χ1v) is 6.89. The number of ether oxygens (including phenoxy) is 1. The molecule has 1 aromatic carbocycles. The van der Waals surface area contributed by atoms with Crippen molar-refractivity contribution in [3.8, 4) is 5.75 Å². The van der Waals surface area contributed by atoms with Crippen LogP contribution in [0.3, 0.4) is 0 Å². The van der Waals surface area contributed by atoms with Crippen LogP contribution in [0.15, 0.2) is 24.3 Å². The van der Waals surface area contributed by atoms with Gasteiger partial charge in [-0.2, -0.15) is 0 Å². The minimum Gasteiger partial charge on any atom is -0.493 e. The minimum atomic E-state index is -0.299. The van der Waals surface area contributed by atoms with Crippen LogP contribution in [0.2, 0.25) is 0 Å². The summed E-state index contributed by atoms with van der Waals surface area (Å²) in [5.74, 6) is 0.364. The van der Waals surface area contributed by atoms with Crippen LogP contribution < -0.4 is 10.5 Å². The van der Waals surface area contributed by atoms with Gasteiger partial charge in [0, 0.05) is 13.1 Å². The van der Waals surface area contributed by atoms with Crippen LogP contribution in [0.1, 0.15) is 19.8 Å². The lowest BCUT2D eigenvalue weighted by Gasteiger charge is -2.22. The van der Waals surface area contributed by atoms with Crippen molar-refractivity contribution in [1.82, 2.24) is 4.90 Å². The monoisotopic (exact) mass is 316 g/mol. The summed E-state index contributed by atoms with van der Waals surface area (Å²) in [4.78, 5) is 13.9. The van der Waals surface area contributed by atoms with Gasteiger partial charge < -0.3 is 15.4 Å². The van der Waals surface area contributed by atoms with Crippen molar-refractivity contribution in [2.75, 3.05) is 26.2 Å². The van der Waals surface area contributed by atoms with E-state index in [0.29, 0.717) is 25.3 Å². The van der Waals surface area contributed by atoms with E-state index in [9.17, 15) is 9.18 Å². The summed E-state index contributed by atoms with van der Waals surface area (Å²) in [5.41, 5.74) is 5.77. The summed E-state index contributed by atoms with van der Waals surface area (Å²) in [6, 6.07) is 5.79. The van der Waals surface area contributed by atoms with Gasteiger partial charge in [0.2, 0.25) is 5.91 Å². The van der Waals surface area contributed by atoms with Gasteiger partial charge in [-0.05, 0) is 42.6 Å². The molecule has 1 atom stereocenters. The van der Waals surface area contributed by atoms with Crippen LogP contribution in [0.5, 0.6) is 5.75 Å². The maximum atomic E-state index is 12.7. The van der Waals surface area contributed by atoms with Crippen molar-refractivity contribution in [2.24, 2.45) is 11.1 Å². The number of carbonyl (C=O) groups excluding carboxylic acids is 1. The average molecular weight is 317 g/mol. The average Bonchev–Trinajstić information content (AvgIpc) is 2.84. The Bertz CT molecular complexity index is 469. The number of benzene rings is 1. The largest absolute Gasteiger partial charge is 0.493 e. The van der Waals surface area contributed by atoms with E-state index in [2.05, 4.69) is 6.92 Å². The first-order chi connectivity index (χ1) is 9.52. The number of nitrogens with zero attached hydrogens (tertiary/aromatic N) is 1. The Kier molecular flexibility index (Phi) is 6.42. The number of rotatable bonds is 5. The zero-order valence-corrected chi connectivity index (χ0v) is 13.0. The minimum absolute atomic E-state index is 0. The highest BCUT2D eigenvalue weighted by Gasteiger charge is 2.34. The van der Waals surface area contributed by atoms with Crippen molar-refractivity contribution in [3.05, 3.63) is 30.1 Å². The fourth-order valence-electron chi connectivity index (χ4n) is 2.35. The molecule has 4 nitrogen and oxygen atoms in total. The molecule has 0 saturated carbocycles. The van der Waals surface area contributed by atoms with Crippen molar-refractivity contribution in [1.29, 1.82) is 0 Å². The second-order valence-corrected chi connectivity index (χ2v) is 5.63. The molecule has 1 saturated heterocycles. The Morgan fingerprint density at radius 3 is 2.67 bits per heavy atom. The van der Waals surface area contributed by atoms with E-state index in [1.54, 1.807) is 12.1 Å². The van der Waals surface area contributed by atoms with E-state index in [1.165, 1.54) is 12.1 Å². The van der Waals surface area contributed by atoms with Gasteiger partial charge in [0.1, 0.15) is 11.6 Å². The van der Waals surface area contributed by atoms with Crippen molar-refractivity contribution in [2.45, 2.75) is 19.8 Å². The van der Waals surface area contributed by atoms with Crippen LogP contribution in [0, 0.1) is 11.2 Å². The second kappa shape index (κ2) is 7.61. The molecule has 1 amide bonds. The third kappa shape index (κ3) is 4.86. The van der Waals surface area contributed by atoms with Gasteiger partial charge in [-0.25, -0.2) is 4.39 Å². The van der Waals surface area contributed by atoms with E-state index in [0.717, 1.165) is 19.5 Å². The number of amides is 1. The highest BCUT2D eigenvalue weighted by atomic mass is 35.5. The van der Waals surface area contributed by atoms with Gasteiger partial charge >= 0.3 is 0 Å². The summed E-state index contributed by atoms with van der Waals surface area (Å²) in [7, 11) is 0. The number of hydrogen-bond donors (Lipinski definition) is 1. The number of nitrogens with two attached hydrogens (primary N) is 1. The van der Waals surface area contributed by atoms with E-state index < -0.39 is 0 Å². The molecule has 6 heteroatoms. The number of hydrogen-bond acceptors (Lipinski definition) is 3. The molecule has 0 aliphatic carbocycles. The van der Waals surface area contributed by atoms with Crippen molar-refractivity contribution < 1.29 is 13.9 Å². The SMILES string of the molecule is CC1(CN)CCN(C(=O)CCOc2ccc(F)cc2)C1.Cl. The second-order valence-electron chi connectivity index (χ2n) is 5.63. The van der Waals surface area contributed by atoms with Gasteiger partial charge in [-0.3, -0.25) is 4.79 Å². The fraction of sp³-hybridized carbons (Fsp3) is 0.533. The third-order valence-electron chi connectivity index (χ3n) is 3.80.